The van der Waals surface area contributed by atoms with Crippen LogP contribution in [0.5, 0.6) is 0 Å². The van der Waals surface area contributed by atoms with Crippen molar-refractivity contribution in [2.75, 3.05) is 17.6 Å². The topological polar surface area (TPSA) is 47.7 Å². The molecule has 2 aromatic carbocycles. The first kappa shape index (κ1) is 16.0. The van der Waals surface area contributed by atoms with Crippen molar-refractivity contribution in [3.05, 3.63) is 48.5 Å². The normalized spacial score (nSPS) is 11.4. The summed E-state index contributed by atoms with van der Waals surface area (Å²) < 4.78 is 4.37. The first-order valence-corrected chi connectivity index (χ1v) is 9.50. The SMILES string of the molecule is CCn1c(SCCNc2nc3ccccc3n2C)nc2ccccc21. The number of imidazole rings is 2. The summed E-state index contributed by atoms with van der Waals surface area (Å²) in [6.07, 6.45) is 0. The van der Waals surface area contributed by atoms with Crippen LogP contribution in [0.25, 0.3) is 22.1 Å². The fraction of sp³-hybridized carbons (Fsp3) is 0.263. The largest absolute Gasteiger partial charge is 0.355 e. The minimum absolute atomic E-state index is 0.842. The number of hydrogen-bond donors (Lipinski definition) is 1. The van der Waals surface area contributed by atoms with Crippen LogP contribution in [0.3, 0.4) is 0 Å². The molecular weight excluding hydrogens is 330 g/mol. The quantitative estimate of drug-likeness (QED) is 0.419. The van der Waals surface area contributed by atoms with Crippen molar-refractivity contribution in [2.24, 2.45) is 7.05 Å². The van der Waals surface area contributed by atoms with Gasteiger partial charge < -0.3 is 14.5 Å². The van der Waals surface area contributed by atoms with Gasteiger partial charge in [0.25, 0.3) is 0 Å². The van der Waals surface area contributed by atoms with Crippen LogP contribution >= 0.6 is 11.8 Å². The lowest BCUT2D eigenvalue weighted by Crippen LogP contribution is -2.09. The highest BCUT2D eigenvalue weighted by atomic mass is 32.2. The smallest absolute Gasteiger partial charge is 0.203 e. The van der Waals surface area contributed by atoms with E-state index < -0.39 is 0 Å². The summed E-state index contributed by atoms with van der Waals surface area (Å²) in [6, 6.07) is 16.5. The highest BCUT2D eigenvalue weighted by Crippen LogP contribution is 2.24. The van der Waals surface area contributed by atoms with Crippen LogP contribution in [0.4, 0.5) is 5.95 Å². The Labute approximate surface area is 151 Å². The minimum atomic E-state index is 0.842. The number of hydrogen-bond acceptors (Lipinski definition) is 4. The molecule has 0 spiro atoms. The lowest BCUT2D eigenvalue weighted by atomic mass is 10.3. The average Bonchev–Trinajstić information content (AvgIpc) is 3.16. The molecule has 0 aliphatic heterocycles. The van der Waals surface area contributed by atoms with E-state index in [1.807, 2.05) is 31.3 Å². The number of benzene rings is 2. The van der Waals surface area contributed by atoms with E-state index in [9.17, 15) is 0 Å². The molecule has 5 nitrogen and oxygen atoms in total. The summed E-state index contributed by atoms with van der Waals surface area (Å²) in [7, 11) is 2.04. The van der Waals surface area contributed by atoms with Crippen molar-refractivity contribution in [3.63, 3.8) is 0 Å². The Morgan fingerprint density at radius 3 is 2.36 bits per heavy atom. The lowest BCUT2D eigenvalue weighted by molar-refractivity contribution is 0.702. The molecule has 2 heterocycles. The fourth-order valence-corrected chi connectivity index (χ4v) is 4.01. The highest BCUT2D eigenvalue weighted by molar-refractivity contribution is 7.99. The molecule has 0 atom stereocenters. The lowest BCUT2D eigenvalue weighted by Gasteiger charge is -2.07. The van der Waals surface area contributed by atoms with Crippen LogP contribution in [0.15, 0.2) is 53.7 Å². The first-order valence-electron chi connectivity index (χ1n) is 8.51. The van der Waals surface area contributed by atoms with Crippen molar-refractivity contribution in [3.8, 4) is 0 Å². The van der Waals surface area contributed by atoms with Crippen molar-refractivity contribution in [1.82, 2.24) is 19.1 Å². The molecule has 128 valence electrons. The van der Waals surface area contributed by atoms with Gasteiger partial charge >= 0.3 is 0 Å². The van der Waals surface area contributed by atoms with E-state index in [-0.39, 0.29) is 0 Å². The minimum Gasteiger partial charge on any atom is -0.355 e. The molecule has 2 aromatic heterocycles. The summed E-state index contributed by atoms with van der Waals surface area (Å²) in [6.45, 7) is 3.94. The Morgan fingerprint density at radius 1 is 0.960 bits per heavy atom. The second-order valence-corrected chi connectivity index (χ2v) is 6.95. The number of nitrogens with one attached hydrogen (secondary N) is 1. The highest BCUT2D eigenvalue weighted by Gasteiger charge is 2.10. The van der Waals surface area contributed by atoms with Crippen LogP contribution in [0.2, 0.25) is 0 Å². The Morgan fingerprint density at radius 2 is 1.64 bits per heavy atom. The van der Waals surface area contributed by atoms with E-state index >= 15 is 0 Å². The zero-order valence-electron chi connectivity index (χ0n) is 14.4. The fourth-order valence-electron chi connectivity index (χ4n) is 3.08. The maximum absolute atomic E-state index is 4.76. The first-order chi connectivity index (χ1) is 12.3. The third-order valence-corrected chi connectivity index (χ3v) is 5.32. The molecule has 0 fully saturated rings. The zero-order chi connectivity index (χ0) is 17.2. The average molecular weight is 351 g/mol. The van der Waals surface area contributed by atoms with Gasteiger partial charge in [-0.25, -0.2) is 9.97 Å². The molecule has 0 saturated carbocycles. The van der Waals surface area contributed by atoms with Gasteiger partial charge in [0, 0.05) is 25.9 Å². The molecule has 0 amide bonds. The summed E-state index contributed by atoms with van der Waals surface area (Å²) in [5.41, 5.74) is 4.43. The molecule has 0 aliphatic carbocycles. The Bertz CT molecular complexity index is 1020. The van der Waals surface area contributed by atoms with E-state index in [0.29, 0.717) is 0 Å². The number of rotatable bonds is 6. The van der Waals surface area contributed by atoms with E-state index in [4.69, 9.17) is 4.98 Å². The molecule has 6 heteroatoms. The zero-order valence-corrected chi connectivity index (χ0v) is 15.3. The monoisotopic (exact) mass is 351 g/mol. The van der Waals surface area contributed by atoms with Gasteiger partial charge in [-0.1, -0.05) is 36.0 Å². The second kappa shape index (κ2) is 6.80. The van der Waals surface area contributed by atoms with E-state index in [2.05, 4.69) is 50.6 Å². The number of thioether (sulfide) groups is 1. The third-order valence-electron chi connectivity index (χ3n) is 4.34. The molecule has 4 rings (SSSR count). The van der Waals surface area contributed by atoms with Gasteiger partial charge in [-0.2, -0.15) is 0 Å². The maximum Gasteiger partial charge on any atom is 0.203 e. The van der Waals surface area contributed by atoms with Gasteiger partial charge in [0.05, 0.1) is 22.1 Å². The van der Waals surface area contributed by atoms with E-state index in [1.54, 1.807) is 11.8 Å². The van der Waals surface area contributed by atoms with Gasteiger partial charge in [-0.3, -0.25) is 0 Å². The van der Waals surface area contributed by atoms with Crippen LogP contribution in [0.1, 0.15) is 6.92 Å². The molecule has 0 bridgehead atoms. The van der Waals surface area contributed by atoms with Gasteiger partial charge in [-0.15, -0.1) is 0 Å². The van der Waals surface area contributed by atoms with E-state index in [1.165, 1.54) is 5.52 Å². The van der Waals surface area contributed by atoms with Gasteiger partial charge in [0.1, 0.15) is 0 Å². The van der Waals surface area contributed by atoms with Crippen LogP contribution in [0, 0.1) is 0 Å². The third kappa shape index (κ3) is 2.98. The maximum atomic E-state index is 4.76. The number of nitrogens with zero attached hydrogens (tertiary/aromatic N) is 4. The van der Waals surface area contributed by atoms with Crippen LogP contribution < -0.4 is 5.32 Å². The van der Waals surface area contributed by atoms with Crippen LogP contribution in [-0.4, -0.2) is 31.4 Å². The van der Waals surface area contributed by atoms with E-state index in [0.717, 1.165) is 46.5 Å². The van der Waals surface area contributed by atoms with Gasteiger partial charge in [0.2, 0.25) is 5.95 Å². The molecule has 4 aromatic rings. The summed E-state index contributed by atoms with van der Waals surface area (Å²) in [4.78, 5) is 9.40. The Kier molecular flexibility index (Phi) is 4.36. The molecule has 0 aliphatic rings. The van der Waals surface area contributed by atoms with Crippen LogP contribution in [-0.2, 0) is 13.6 Å². The van der Waals surface area contributed by atoms with Crippen molar-refractivity contribution < 1.29 is 0 Å². The molecule has 0 saturated heterocycles. The number of para-hydroxylation sites is 4. The predicted octanol–water partition coefficient (Wildman–Crippen LogP) is 4.15. The van der Waals surface area contributed by atoms with Crippen molar-refractivity contribution >= 4 is 39.8 Å². The van der Waals surface area contributed by atoms with Crippen molar-refractivity contribution in [1.29, 1.82) is 0 Å². The molecule has 0 unspecified atom stereocenters. The van der Waals surface area contributed by atoms with Gasteiger partial charge in [-0.05, 0) is 31.2 Å². The predicted molar refractivity (Wildman–Crippen MR) is 105 cm³/mol. The second-order valence-electron chi connectivity index (χ2n) is 5.89. The Hall–Kier alpha value is -2.47. The number of aryl methyl sites for hydroxylation is 2. The van der Waals surface area contributed by atoms with Crippen molar-refractivity contribution in [2.45, 2.75) is 18.6 Å². The standard InChI is InChI=1S/C19H21N5S/c1-3-24-17-11-7-5-9-15(17)22-19(24)25-13-12-20-18-21-14-8-4-6-10-16(14)23(18)2/h4-11H,3,12-13H2,1-2H3,(H,20,21). The number of aromatic nitrogens is 4. The summed E-state index contributed by atoms with van der Waals surface area (Å²) in [5.74, 6) is 1.85. The number of fused-ring (bicyclic) bond motifs is 2. The molecular formula is C19H21N5S. The Balaban J connectivity index is 1.43. The summed E-state index contributed by atoms with van der Waals surface area (Å²) >= 11 is 1.78. The molecule has 1 N–H and O–H groups in total. The number of anilines is 1. The summed E-state index contributed by atoms with van der Waals surface area (Å²) in [5, 5.41) is 4.52. The van der Waals surface area contributed by atoms with Gasteiger partial charge in [0.15, 0.2) is 5.16 Å². The molecule has 25 heavy (non-hydrogen) atoms. The molecule has 0 radical (unpaired) electrons.